The van der Waals surface area contributed by atoms with E-state index in [0.29, 0.717) is 0 Å². The van der Waals surface area contributed by atoms with Crippen LogP contribution >= 0.6 is 0 Å². The molecule has 0 amide bonds. The summed E-state index contributed by atoms with van der Waals surface area (Å²) in [6, 6.07) is 0. The lowest BCUT2D eigenvalue weighted by Crippen LogP contribution is -1.69. The van der Waals surface area contributed by atoms with Crippen molar-refractivity contribution in [1.82, 2.24) is 0 Å². The normalized spacial score (nSPS) is 4.29. The SMILES string of the molecule is C=C.CC(C)=O.[AlH3]. The van der Waals surface area contributed by atoms with Crippen LogP contribution in [-0.4, -0.2) is 23.1 Å². The van der Waals surface area contributed by atoms with Crippen LogP contribution in [-0.2, 0) is 4.79 Å². The Morgan fingerprint density at radius 2 is 1.29 bits per heavy atom. The van der Waals surface area contributed by atoms with Gasteiger partial charge in [-0.2, -0.15) is 0 Å². The third-order valence-electron chi connectivity index (χ3n) is 0. The molecule has 0 aromatic rings. The highest BCUT2D eigenvalue weighted by molar-refractivity contribution is 5.75. The number of carbonyl (C=O) groups is 1. The lowest BCUT2D eigenvalue weighted by Gasteiger charge is -1.56. The molecule has 0 atom stereocenters. The molecule has 0 bridgehead atoms. The van der Waals surface area contributed by atoms with Gasteiger partial charge in [0.2, 0.25) is 0 Å². The van der Waals surface area contributed by atoms with E-state index in [0.717, 1.165) is 0 Å². The third kappa shape index (κ3) is 27900. The van der Waals surface area contributed by atoms with Crippen LogP contribution < -0.4 is 0 Å². The Hall–Kier alpha value is -0.0575. The fraction of sp³-hybridized carbons (Fsp3) is 0.400. The van der Waals surface area contributed by atoms with Gasteiger partial charge in [-0.25, -0.2) is 0 Å². The Labute approximate surface area is 55.6 Å². The number of hydrogen-bond donors (Lipinski definition) is 0. The fourth-order valence-electron chi connectivity index (χ4n) is 0. The molecular formula is C5H13AlO. The molecule has 0 aliphatic rings. The molecule has 0 saturated carbocycles. The van der Waals surface area contributed by atoms with E-state index < -0.39 is 0 Å². The van der Waals surface area contributed by atoms with Gasteiger partial charge in [-0.15, -0.1) is 13.2 Å². The van der Waals surface area contributed by atoms with E-state index in [1.807, 2.05) is 0 Å². The van der Waals surface area contributed by atoms with Gasteiger partial charge in [0.05, 0.1) is 0 Å². The van der Waals surface area contributed by atoms with Gasteiger partial charge in [0.1, 0.15) is 5.78 Å². The standard InChI is InChI=1S/C3H6O.C2H4.Al.3H/c1-3(2)4;1-2;;;;/h1-2H3;1-2H2;;;;. The van der Waals surface area contributed by atoms with Crippen molar-refractivity contribution in [1.29, 1.82) is 0 Å². The highest BCUT2D eigenvalue weighted by Crippen LogP contribution is 1.50. The summed E-state index contributed by atoms with van der Waals surface area (Å²) in [6.45, 7) is 9.06. The molecule has 42 valence electrons. The minimum Gasteiger partial charge on any atom is -0.300 e. The molecule has 7 heavy (non-hydrogen) atoms. The van der Waals surface area contributed by atoms with Crippen molar-refractivity contribution >= 4 is 23.1 Å². The molecule has 0 rings (SSSR count). The summed E-state index contributed by atoms with van der Waals surface area (Å²) in [5.74, 6) is 0.167. The predicted octanol–water partition coefficient (Wildman–Crippen LogP) is 0.214. The maximum atomic E-state index is 9.44. The maximum absolute atomic E-state index is 9.44. The Bertz CT molecular complexity index is 39.3. The van der Waals surface area contributed by atoms with E-state index in [2.05, 4.69) is 13.2 Å². The van der Waals surface area contributed by atoms with Crippen molar-refractivity contribution in [2.75, 3.05) is 0 Å². The van der Waals surface area contributed by atoms with Gasteiger partial charge in [0.25, 0.3) is 0 Å². The summed E-state index contributed by atoms with van der Waals surface area (Å²) < 4.78 is 0. The van der Waals surface area contributed by atoms with Gasteiger partial charge in [0.15, 0.2) is 17.4 Å². The van der Waals surface area contributed by atoms with Crippen LogP contribution in [0.25, 0.3) is 0 Å². The second-order valence-corrected chi connectivity index (χ2v) is 0.908. The minimum absolute atomic E-state index is 0. The van der Waals surface area contributed by atoms with Crippen LogP contribution in [0.5, 0.6) is 0 Å². The molecular weight excluding hydrogens is 103 g/mol. The molecule has 0 unspecified atom stereocenters. The van der Waals surface area contributed by atoms with Crippen LogP contribution in [0.15, 0.2) is 13.2 Å². The van der Waals surface area contributed by atoms with E-state index >= 15 is 0 Å². The zero-order chi connectivity index (χ0) is 5.58. The summed E-state index contributed by atoms with van der Waals surface area (Å²) in [7, 11) is 0. The van der Waals surface area contributed by atoms with E-state index in [1.165, 1.54) is 13.8 Å². The average molecular weight is 116 g/mol. The quantitative estimate of drug-likeness (QED) is 0.326. The molecule has 0 radical (unpaired) electrons. The Morgan fingerprint density at radius 3 is 1.29 bits per heavy atom. The lowest BCUT2D eigenvalue weighted by atomic mass is 10.6. The van der Waals surface area contributed by atoms with E-state index in [9.17, 15) is 4.79 Å². The first-order valence-corrected chi connectivity index (χ1v) is 1.70. The van der Waals surface area contributed by atoms with Gasteiger partial charge in [-0.1, -0.05) is 0 Å². The molecule has 0 spiro atoms. The van der Waals surface area contributed by atoms with Crippen molar-refractivity contribution in [2.24, 2.45) is 0 Å². The average Bonchev–Trinajstić information content (AvgIpc) is 1.41. The van der Waals surface area contributed by atoms with Gasteiger partial charge in [-0.05, 0) is 13.8 Å². The number of carbonyl (C=O) groups excluding carboxylic acids is 1. The highest BCUT2D eigenvalue weighted by Gasteiger charge is 1.62. The van der Waals surface area contributed by atoms with Crippen molar-refractivity contribution in [3.8, 4) is 0 Å². The van der Waals surface area contributed by atoms with Crippen LogP contribution in [0, 0.1) is 0 Å². The molecule has 0 aliphatic carbocycles. The molecule has 1 nitrogen and oxygen atoms in total. The molecule has 2 heteroatoms. The number of Topliss-reactive ketones (excluding diaryl/α,β-unsaturated/α-hetero) is 1. The van der Waals surface area contributed by atoms with Crippen LogP contribution in [0.1, 0.15) is 13.8 Å². The summed E-state index contributed by atoms with van der Waals surface area (Å²) in [4.78, 5) is 9.44. The Kier molecular flexibility index (Phi) is 37.8. The topological polar surface area (TPSA) is 17.1 Å². The summed E-state index contributed by atoms with van der Waals surface area (Å²) >= 11 is 0. The van der Waals surface area contributed by atoms with Crippen LogP contribution in [0.3, 0.4) is 0 Å². The van der Waals surface area contributed by atoms with E-state index in [1.54, 1.807) is 0 Å². The van der Waals surface area contributed by atoms with Gasteiger partial charge >= 0.3 is 0 Å². The number of rotatable bonds is 0. The minimum atomic E-state index is 0. The predicted molar refractivity (Wildman–Crippen MR) is 37.5 cm³/mol. The number of hydrogen-bond acceptors (Lipinski definition) is 1. The largest absolute Gasteiger partial charge is 0.300 e. The molecule has 0 aromatic heterocycles. The smallest absolute Gasteiger partial charge is 0.187 e. The molecule has 0 fully saturated rings. The molecule has 0 N–H and O–H groups in total. The first-order valence-electron chi connectivity index (χ1n) is 1.70. The van der Waals surface area contributed by atoms with E-state index in [-0.39, 0.29) is 23.1 Å². The van der Waals surface area contributed by atoms with Crippen molar-refractivity contribution in [2.45, 2.75) is 13.8 Å². The summed E-state index contributed by atoms with van der Waals surface area (Å²) in [5, 5.41) is 0. The molecule has 0 aliphatic heterocycles. The summed E-state index contributed by atoms with van der Waals surface area (Å²) in [5.41, 5.74) is 0. The van der Waals surface area contributed by atoms with Crippen molar-refractivity contribution in [3.63, 3.8) is 0 Å². The monoisotopic (exact) mass is 116 g/mol. The second-order valence-electron chi connectivity index (χ2n) is 0.908. The van der Waals surface area contributed by atoms with E-state index in [4.69, 9.17) is 0 Å². The maximum Gasteiger partial charge on any atom is 0.187 e. The van der Waals surface area contributed by atoms with Gasteiger partial charge in [-0.3, -0.25) is 0 Å². The third-order valence-corrected chi connectivity index (χ3v) is 0. The number of ketones is 1. The van der Waals surface area contributed by atoms with Crippen LogP contribution in [0.2, 0.25) is 0 Å². The highest BCUT2D eigenvalue weighted by atomic mass is 27.0. The Balaban J connectivity index is -0.0000000480. The first-order chi connectivity index (χ1) is 2.73. The molecule has 0 saturated heterocycles. The molecule has 0 heterocycles. The second kappa shape index (κ2) is 16.8. The van der Waals surface area contributed by atoms with Gasteiger partial charge in [0, 0.05) is 0 Å². The summed E-state index contributed by atoms with van der Waals surface area (Å²) in [6.07, 6.45) is 0. The molecule has 0 aromatic carbocycles. The zero-order valence-electron chi connectivity index (χ0n) is 4.32. The van der Waals surface area contributed by atoms with Gasteiger partial charge < -0.3 is 4.79 Å². The zero-order valence-corrected chi connectivity index (χ0v) is 4.32. The lowest BCUT2D eigenvalue weighted by molar-refractivity contribution is -0.114. The first kappa shape index (κ1) is 15.8. The Morgan fingerprint density at radius 1 is 1.29 bits per heavy atom. The van der Waals surface area contributed by atoms with Crippen molar-refractivity contribution in [3.05, 3.63) is 13.2 Å². The van der Waals surface area contributed by atoms with Crippen LogP contribution in [0.4, 0.5) is 0 Å². The fourth-order valence-corrected chi connectivity index (χ4v) is 0. The van der Waals surface area contributed by atoms with Crippen molar-refractivity contribution < 1.29 is 4.79 Å².